The van der Waals surface area contributed by atoms with Gasteiger partial charge in [-0.05, 0) is 5.56 Å². The van der Waals surface area contributed by atoms with Gasteiger partial charge in [-0.3, -0.25) is 0 Å². The van der Waals surface area contributed by atoms with Crippen molar-refractivity contribution in [3.05, 3.63) is 53.6 Å². The summed E-state index contributed by atoms with van der Waals surface area (Å²) in [6.07, 6.45) is 0. The maximum absolute atomic E-state index is 10.5. The summed E-state index contributed by atoms with van der Waals surface area (Å²) in [7, 11) is 0. The number of benzene rings is 2. The lowest BCUT2D eigenvalue weighted by atomic mass is 9.98. The SMILES string of the molecule is Oc1c(-c2ccccc2)ccc(C(Cl)(Cl)Cl)c1C(Cl)(Cl)Cl. The van der Waals surface area contributed by atoms with Gasteiger partial charge in [-0.25, -0.2) is 0 Å². The predicted molar refractivity (Wildman–Crippen MR) is 92.0 cm³/mol. The van der Waals surface area contributed by atoms with Crippen LogP contribution in [0, 0.1) is 0 Å². The molecule has 1 nitrogen and oxygen atoms in total. The molecule has 0 fully saturated rings. The normalized spacial score (nSPS) is 12.5. The van der Waals surface area contributed by atoms with E-state index in [1.54, 1.807) is 6.07 Å². The van der Waals surface area contributed by atoms with E-state index < -0.39 is 7.59 Å². The smallest absolute Gasteiger partial charge is 0.220 e. The number of hydrogen-bond acceptors (Lipinski definition) is 1. The predicted octanol–water partition coefficient (Wildman–Crippen LogP) is 6.71. The summed E-state index contributed by atoms with van der Waals surface area (Å²) in [5, 5.41) is 10.5. The van der Waals surface area contributed by atoms with E-state index in [1.807, 2.05) is 30.3 Å². The fraction of sp³-hybridized carbons (Fsp3) is 0.143. The van der Waals surface area contributed by atoms with Crippen molar-refractivity contribution >= 4 is 69.6 Å². The zero-order valence-corrected chi connectivity index (χ0v) is 14.8. The summed E-state index contributed by atoms with van der Waals surface area (Å²) in [6, 6.07) is 12.3. The Morgan fingerprint density at radius 1 is 0.714 bits per heavy atom. The van der Waals surface area contributed by atoms with Crippen LogP contribution in [-0.2, 0) is 7.59 Å². The van der Waals surface area contributed by atoms with Crippen LogP contribution in [0.4, 0.5) is 0 Å². The fourth-order valence-corrected chi connectivity index (χ4v) is 3.01. The summed E-state index contributed by atoms with van der Waals surface area (Å²) in [5.74, 6) is -0.231. The fourth-order valence-electron chi connectivity index (χ4n) is 1.97. The second kappa shape index (κ2) is 6.23. The Kier molecular flexibility index (Phi) is 5.15. The third kappa shape index (κ3) is 3.85. The Hall–Kier alpha value is -0.0200. The van der Waals surface area contributed by atoms with E-state index in [0.29, 0.717) is 5.56 Å². The number of rotatable bonds is 1. The molecule has 0 spiro atoms. The van der Waals surface area contributed by atoms with Crippen molar-refractivity contribution in [1.29, 1.82) is 0 Å². The van der Waals surface area contributed by atoms with Gasteiger partial charge in [0.2, 0.25) is 7.59 Å². The highest BCUT2D eigenvalue weighted by molar-refractivity contribution is 6.69. The molecule has 2 aromatic rings. The van der Waals surface area contributed by atoms with Gasteiger partial charge in [0.05, 0.1) is 5.56 Å². The molecule has 0 bridgehead atoms. The van der Waals surface area contributed by atoms with Crippen LogP contribution in [0.5, 0.6) is 5.75 Å². The molecular weight excluding hydrogens is 397 g/mol. The molecule has 0 saturated heterocycles. The Labute approximate surface area is 152 Å². The van der Waals surface area contributed by atoms with E-state index >= 15 is 0 Å². The number of phenols is 1. The molecule has 0 atom stereocenters. The van der Waals surface area contributed by atoms with Gasteiger partial charge in [-0.15, -0.1) is 0 Å². The molecule has 0 aliphatic rings. The van der Waals surface area contributed by atoms with Gasteiger partial charge < -0.3 is 5.11 Å². The van der Waals surface area contributed by atoms with Gasteiger partial charge >= 0.3 is 0 Å². The molecule has 0 radical (unpaired) electrons. The molecule has 0 heterocycles. The quantitative estimate of drug-likeness (QED) is 0.523. The van der Waals surface area contributed by atoms with E-state index in [0.717, 1.165) is 5.56 Å². The van der Waals surface area contributed by atoms with Crippen molar-refractivity contribution in [2.75, 3.05) is 0 Å². The topological polar surface area (TPSA) is 20.2 Å². The molecule has 112 valence electrons. The van der Waals surface area contributed by atoms with Gasteiger partial charge in [-0.2, -0.15) is 0 Å². The van der Waals surface area contributed by atoms with Crippen molar-refractivity contribution in [1.82, 2.24) is 0 Å². The average molecular weight is 405 g/mol. The minimum absolute atomic E-state index is 0.0474. The monoisotopic (exact) mass is 402 g/mol. The van der Waals surface area contributed by atoms with Gasteiger partial charge in [0, 0.05) is 11.1 Å². The molecule has 2 aromatic carbocycles. The van der Waals surface area contributed by atoms with Crippen LogP contribution >= 0.6 is 69.6 Å². The van der Waals surface area contributed by atoms with Gasteiger partial charge in [-0.1, -0.05) is 112 Å². The van der Waals surface area contributed by atoms with Crippen molar-refractivity contribution in [2.45, 2.75) is 7.59 Å². The van der Waals surface area contributed by atoms with Crippen LogP contribution in [0.2, 0.25) is 0 Å². The Morgan fingerprint density at radius 3 is 1.76 bits per heavy atom. The lowest BCUT2D eigenvalue weighted by molar-refractivity contribution is 0.470. The van der Waals surface area contributed by atoms with E-state index in [-0.39, 0.29) is 16.9 Å². The molecule has 1 N–H and O–H groups in total. The number of hydrogen-bond donors (Lipinski definition) is 1. The molecule has 0 aliphatic carbocycles. The maximum atomic E-state index is 10.5. The standard InChI is InChI=1S/C14H8Cl6O/c15-13(16,17)10-7-6-9(8-4-2-1-3-5-8)12(21)11(10)14(18,19)20/h1-7,21H. The molecule has 0 aliphatic heterocycles. The lowest BCUT2D eigenvalue weighted by Crippen LogP contribution is -2.12. The van der Waals surface area contributed by atoms with Crippen molar-refractivity contribution in [2.24, 2.45) is 0 Å². The number of alkyl halides is 6. The van der Waals surface area contributed by atoms with Crippen molar-refractivity contribution in [3.8, 4) is 16.9 Å². The molecular formula is C14H8Cl6O. The number of aromatic hydroxyl groups is 1. The highest BCUT2D eigenvalue weighted by Crippen LogP contribution is 2.53. The molecule has 0 unspecified atom stereocenters. The van der Waals surface area contributed by atoms with E-state index in [4.69, 9.17) is 69.6 Å². The van der Waals surface area contributed by atoms with Gasteiger partial charge in [0.25, 0.3) is 0 Å². The highest BCUT2D eigenvalue weighted by Gasteiger charge is 2.38. The van der Waals surface area contributed by atoms with Crippen molar-refractivity contribution < 1.29 is 5.11 Å². The Morgan fingerprint density at radius 2 is 1.29 bits per heavy atom. The second-order valence-electron chi connectivity index (χ2n) is 4.25. The van der Waals surface area contributed by atoms with Crippen LogP contribution in [0.25, 0.3) is 11.1 Å². The molecule has 21 heavy (non-hydrogen) atoms. The third-order valence-electron chi connectivity index (χ3n) is 2.85. The summed E-state index contributed by atoms with van der Waals surface area (Å²) >= 11 is 35.4. The van der Waals surface area contributed by atoms with E-state index in [2.05, 4.69) is 0 Å². The maximum Gasteiger partial charge on any atom is 0.220 e. The van der Waals surface area contributed by atoms with Crippen LogP contribution in [0.3, 0.4) is 0 Å². The molecule has 2 rings (SSSR count). The molecule has 0 aromatic heterocycles. The van der Waals surface area contributed by atoms with Crippen LogP contribution in [0.1, 0.15) is 11.1 Å². The highest BCUT2D eigenvalue weighted by atomic mass is 35.6. The van der Waals surface area contributed by atoms with Crippen LogP contribution < -0.4 is 0 Å². The largest absolute Gasteiger partial charge is 0.507 e. The molecule has 0 saturated carbocycles. The molecule has 7 heteroatoms. The van der Waals surface area contributed by atoms with Gasteiger partial charge in [0.15, 0.2) is 0 Å². The average Bonchev–Trinajstić information content (AvgIpc) is 2.36. The second-order valence-corrected chi connectivity index (χ2v) is 8.81. The summed E-state index contributed by atoms with van der Waals surface area (Å²) < 4.78 is -3.76. The zero-order chi connectivity index (χ0) is 15.8. The number of halogens is 6. The van der Waals surface area contributed by atoms with Gasteiger partial charge in [0.1, 0.15) is 5.75 Å². The van der Waals surface area contributed by atoms with Crippen LogP contribution in [0.15, 0.2) is 42.5 Å². The Balaban J connectivity index is 2.75. The lowest BCUT2D eigenvalue weighted by Gasteiger charge is -2.24. The minimum atomic E-state index is -1.94. The first-order valence-corrected chi connectivity index (χ1v) is 7.95. The first-order chi connectivity index (χ1) is 9.62. The van der Waals surface area contributed by atoms with E-state index in [1.165, 1.54) is 6.07 Å². The number of phenolic OH excluding ortho intramolecular Hbond substituents is 1. The molecule has 0 amide bonds. The Bertz CT molecular complexity index is 643. The van der Waals surface area contributed by atoms with E-state index in [9.17, 15) is 5.11 Å². The van der Waals surface area contributed by atoms with Crippen LogP contribution in [-0.4, -0.2) is 5.11 Å². The first kappa shape index (κ1) is 17.3. The van der Waals surface area contributed by atoms with Crippen molar-refractivity contribution in [3.63, 3.8) is 0 Å². The summed E-state index contributed by atoms with van der Waals surface area (Å²) in [4.78, 5) is 0. The summed E-state index contributed by atoms with van der Waals surface area (Å²) in [5.41, 5.74) is 1.30. The zero-order valence-electron chi connectivity index (χ0n) is 10.3. The minimum Gasteiger partial charge on any atom is -0.507 e. The first-order valence-electron chi connectivity index (χ1n) is 5.68. The third-order valence-corrected chi connectivity index (χ3v) is 4.03. The summed E-state index contributed by atoms with van der Waals surface area (Å²) in [6.45, 7) is 0.